The maximum Gasteiger partial charge on any atom is 0.227 e. The largest absolute Gasteiger partial charge is 0.378 e. The van der Waals surface area contributed by atoms with E-state index >= 15 is 0 Å². The van der Waals surface area contributed by atoms with E-state index in [4.69, 9.17) is 4.74 Å². The number of carbonyl (C=O) groups is 1. The normalized spacial score (nSPS) is 32.7. The molecule has 4 heteroatoms. The van der Waals surface area contributed by atoms with E-state index < -0.39 is 0 Å². The van der Waals surface area contributed by atoms with Crippen molar-refractivity contribution < 1.29 is 9.53 Å². The number of nitrogens with one attached hydrogen (secondary N) is 1. The van der Waals surface area contributed by atoms with Crippen molar-refractivity contribution in [2.45, 2.75) is 25.8 Å². The Balaban J connectivity index is 1.92. The van der Waals surface area contributed by atoms with Gasteiger partial charge in [0.05, 0.1) is 19.1 Å². The highest BCUT2D eigenvalue weighted by Gasteiger charge is 2.31. The second-order valence-electron chi connectivity index (χ2n) is 4.43. The van der Waals surface area contributed by atoms with Crippen LogP contribution in [0.5, 0.6) is 0 Å². The molecule has 2 aliphatic heterocycles. The van der Waals surface area contributed by atoms with E-state index in [1.807, 2.05) is 4.90 Å². The second-order valence-corrected chi connectivity index (χ2v) is 4.43. The Hall–Kier alpha value is -0.610. The monoisotopic (exact) mass is 212 g/mol. The molecule has 0 aromatic carbocycles. The summed E-state index contributed by atoms with van der Waals surface area (Å²) in [5, 5.41) is 3.37. The quantitative estimate of drug-likeness (QED) is 0.676. The first kappa shape index (κ1) is 10.9. The number of piperidine rings is 1. The molecular weight excluding hydrogens is 192 g/mol. The molecule has 2 fully saturated rings. The second kappa shape index (κ2) is 4.94. The number of nitrogens with zero attached hydrogens (tertiary/aromatic N) is 1. The molecule has 0 aromatic heterocycles. The van der Waals surface area contributed by atoms with Gasteiger partial charge in [0.15, 0.2) is 0 Å². The van der Waals surface area contributed by atoms with Crippen molar-refractivity contribution in [2.75, 3.05) is 32.8 Å². The molecule has 4 nitrogen and oxygen atoms in total. The zero-order chi connectivity index (χ0) is 10.7. The van der Waals surface area contributed by atoms with Crippen LogP contribution in [-0.2, 0) is 9.53 Å². The van der Waals surface area contributed by atoms with Crippen LogP contribution >= 0.6 is 0 Å². The summed E-state index contributed by atoms with van der Waals surface area (Å²) in [6, 6.07) is 0.328. The Morgan fingerprint density at radius 3 is 2.80 bits per heavy atom. The highest BCUT2D eigenvalue weighted by atomic mass is 16.5. The van der Waals surface area contributed by atoms with Gasteiger partial charge in [-0.05, 0) is 26.3 Å². The van der Waals surface area contributed by atoms with Crippen molar-refractivity contribution in [3.8, 4) is 0 Å². The zero-order valence-corrected chi connectivity index (χ0v) is 9.37. The zero-order valence-electron chi connectivity index (χ0n) is 9.37. The van der Waals surface area contributed by atoms with Gasteiger partial charge in [-0.2, -0.15) is 0 Å². The van der Waals surface area contributed by atoms with Gasteiger partial charge >= 0.3 is 0 Å². The maximum absolute atomic E-state index is 12.2. The summed E-state index contributed by atoms with van der Waals surface area (Å²) < 4.78 is 5.25. The number of carbonyl (C=O) groups excluding carboxylic acids is 1. The fourth-order valence-electron chi connectivity index (χ4n) is 2.40. The molecule has 0 aromatic rings. The van der Waals surface area contributed by atoms with E-state index in [1.54, 1.807) is 0 Å². The predicted molar refractivity (Wildman–Crippen MR) is 57.6 cm³/mol. The summed E-state index contributed by atoms with van der Waals surface area (Å²) in [6.07, 6.45) is 2.15. The molecule has 15 heavy (non-hydrogen) atoms. The molecule has 1 N–H and O–H groups in total. The first-order valence-corrected chi connectivity index (χ1v) is 5.89. The summed E-state index contributed by atoms with van der Waals surface area (Å²) in [6.45, 7) is 6.08. The van der Waals surface area contributed by atoms with Gasteiger partial charge in [-0.25, -0.2) is 0 Å². The van der Waals surface area contributed by atoms with Crippen LogP contribution in [0.2, 0.25) is 0 Å². The Morgan fingerprint density at radius 1 is 1.40 bits per heavy atom. The molecule has 0 aliphatic carbocycles. The highest BCUT2D eigenvalue weighted by Crippen LogP contribution is 2.19. The minimum absolute atomic E-state index is 0.178. The van der Waals surface area contributed by atoms with Crippen molar-refractivity contribution in [3.63, 3.8) is 0 Å². The van der Waals surface area contributed by atoms with E-state index in [9.17, 15) is 4.79 Å². The molecule has 0 radical (unpaired) electrons. The molecule has 2 saturated heterocycles. The SMILES string of the molecule is C[C@H]1NCCC[C@H]1C(=O)N1CCOCC1. The summed E-state index contributed by atoms with van der Waals surface area (Å²) >= 11 is 0. The topological polar surface area (TPSA) is 41.6 Å². The predicted octanol–water partition coefficient (Wildman–Crippen LogP) is 0.233. The minimum Gasteiger partial charge on any atom is -0.378 e. The summed E-state index contributed by atoms with van der Waals surface area (Å²) in [7, 11) is 0. The Labute approximate surface area is 91.0 Å². The Bertz CT molecular complexity index is 227. The average Bonchev–Trinajstić information content (AvgIpc) is 2.30. The average molecular weight is 212 g/mol. The lowest BCUT2D eigenvalue weighted by atomic mass is 9.90. The molecule has 0 unspecified atom stereocenters. The third kappa shape index (κ3) is 2.49. The van der Waals surface area contributed by atoms with Crippen LogP contribution in [-0.4, -0.2) is 49.7 Å². The van der Waals surface area contributed by atoms with Crippen LogP contribution < -0.4 is 5.32 Å². The summed E-state index contributed by atoms with van der Waals surface area (Å²) in [4.78, 5) is 14.1. The van der Waals surface area contributed by atoms with Crippen LogP contribution in [0.1, 0.15) is 19.8 Å². The van der Waals surface area contributed by atoms with Crippen LogP contribution in [0.4, 0.5) is 0 Å². The molecule has 0 spiro atoms. The molecule has 86 valence electrons. The standard InChI is InChI=1S/C11H20N2O2/c1-9-10(3-2-4-12-9)11(14)13-5-7-15-8-6-13/h9-10,12H,2-8H2,1H3/t9-,10-/m1/s1. The number of amides is 1. The van der Waals surface area contributed by atoms with E-state index in [1.165, 1.54) is 0 Å². The van der Waals surface area contributed by atoms with E-state index in [0.29, 0.717) is 25.2 Å². The number of hydrogen-bond donors (Lipinski definition) is 1. The lowest BCUT2D eigenvalue weighted by molar-refractivity contribution is -0.141. The van der Waals surface area contributed by atoms with Gasteiger partial charge in [0.1, 0.15) is 0 Å². The van der Waals surface area contributed by atoms with Crippen molar-refractivity contribution in [1.82, 2.24) is 10.2 Å². The fourth-order valence-corrected chi connectivity index (χ4v) is 2.40. The van der Waals surface area contributed by atoms with Crippen molar-refractivity contribution in [1.29, 1.82) is 0 Å². The van der Waals surface area contributed by atoms with E-state index in [0.717, 1.165) is 32.5 Å². The van der Waals surface area contributed by atoms with E-state index in [2.05, 4.69) is 12.2 Å². The molecule has 2 aliphatic rings. The number of ether oxygens (including phenoxy) is 1. The third-order valence-corrected chi connectivity index (χ3v) is 3.40. The van der Waals surface area contributed by atoms with Crippen LogP contribution in [0, 0.1) is 5.92 Å². The Kier molecular flexibility index (Phi) is 3.59. The van der Waals surface area contributed by atoms with Crippen molar-refractivity contribution in [2.24, 2.45) is 5.92 Å². The first-order valence-electron chi connectivity index (χ1n) is 5.89. The lowest BCUT2D eigenvalue weighted by Gasteiger charge is -2.35. The van der Waals surface area contributed by atoms with Gasteiger partial charge in [0, 0.05) is 19.1 Å². The fraction of sp³-hybridized carbons (Fsp3) is 0.909. The number of morpholine rings is 1. The van der Waals surface area contributed by atoms with Gasteiger partial charge < -0.3 is 15.0 Å². The van der Waals surface area contributed by atoms with Crippen LogP contribution in [0.25, 0.3) is 0 Å². The van der Waals surface area contributed by atoms with Gasteiger partial charge in [-0.3, -0.25) is 4.79 Å². The maximum atomic E-state index is 12.2. The molecule has 2 rings (SSSR count). The van der Waals surface area contributed by atoms with Crippen LogP contribution in [0.3, 0.4) is 0 Å². The minimum atomic E-state index is 0.178. The highest BCUT2D eigenvalue weighted by molar-refractivity contribution is 5.79. The number of hydrogen-bond acceptors (Lipinski definition) is 3. The van der Waals surface area contributed by atoms with Gasteiger partial charge in [0.2, 0.25) is 5.91 Å². The molecule has 1 amide bonds. The van der Waals surface area contributed by atoms with Gasteiger partial charge in [-0.15, -0.1) is 0 Å². The molecule has 0 bridgehead atoms. The number of rotatable bonds is 1. The molecule has 2 atom stereocenters. The van der Waals surface area contributed by atoms with E-state index in [-0.39, 0.29) is 5.92 Å². The molecule has 0 saturated carbocycles. The first-order chi connectivity index (χ1) is 7.29. The third-order valence-electron chi connectivity index (χ3n) is 3.40. The summed E-state index contributed by atoms with van der Waals surface area (Å²) in [5.41, 5.74) is 0. The molecule has 2 heterocycles. The van der Waals surface area contributed by atoms with Gasteiger partial charge in [-0.1, -0.05) is 0 Å². The molecular formula is C11H20N2O2. The van der Waals surface area contributed by atoms with Crippen molar-refractivity contribution in [3.05, 3.63) is 0 Å². The smallest absolute Gasteiger partial charge is 0.227 e. The summed E-state index contributed by atoms with van der Waals surface area (Å²) in [5.74, 6) is 0.495. The lowest BCUT2D eigenvalue weighted by Crippen LogP contribution is -2.50. The van der Waals surface area contributed by atoms with Crippen molar-refractivity contribution >= 4 is 5.91 Å². The van der Waals surface area contributed by atoms with Crippen LogP contribution in [0.15, 0.2) is 0 Å². The van der Waals surface area contributed by atoms with Gasteiger partial charge in [0.25, 0.3) is 0 Å². The Morgan fingerprint density at radius 2 is 2.13 bits per heavy atom.